The third kappa shape index (κ3) is 2.27. The normalized spacial score (nSPS) is 10.9. The quantitative estimate of drug-likeness (QED) is 0.488. The van der Waals surface area contributed by atoms with Gasteiger partial charge in [-0.3, -0.25) is 0 Å². The maximum absolute atomic E-state index is 5.05. The molecule has 0 radical (unpaired) electrons. The van der Waals surface area contributed by atoms with Gasteiger partial charge in [0.15, 0.2) is 0 Å². The lowest BCUT2D eigenvalue weighted by Gasteiger charge is -1.98. The largest absolute Gasteiger partial charge is 0.497 e. The van der Waals surface area contributed by atoms with Gasteiger partial charge in [-0.2, -0.15) is 0 Å². The fourth-order valence-corrected chi connectivity index (χ4v) is 0.915. The fraction of sp³-hybridized carbons (Fsp3) is 0.0909. The van der Waals surface area contributed by atoms with Crippen molar-refractivity contribution in [2.24, 2.45) is 0 Å². The van der Waals surface area contributed by atoms with Crippen molar-refractivity contribution in [1.82, 2.24) is 0 Å². The summed E-state index contributed by atoms with van der Waals surface area (Å²) in [5.74, 6) is 0.779. The summed E-state index contributed by atoms with van der Waals surface area (Å²) in [6.45, 7) is 3.63. The van der Waals surface area contributed by atoms with Gasteiger partial charge in [-0.05, 0) is 17.7 Å². The van der Waals surface area contributed by atoms with Gasteiger partial charge < -0.3 is 4.74 Å². The van der Waals surface area contributed by atoms with Crippen LogP contribution < -0.4 is 0 Å². The molecule has 0 aliphatic carbocycles. The second-order valence-electron chi connectivity index (χ2n) is 2.37. The van der Waals surface area contributed by atoms with Crippen molar-refractivity contribution < 1.29 is 4.74 Å². The third-order valence-corrected chi connectivity index (χ3v) is 1.55. The molecule has 0 aliphatic rings. The molecule has 0 aromatic heterocycles. The third-order valence-electron chi connectivity index (χ3n) is 1.55. The number of ether oxygens (including phenoxy) is 1. The van der Waals surface area contributed by atoms with Crippen LogP contribution in [0.1, 0.15) is 5.56 Å². The number of hydrogen-bond acceptors (Lipinski definition) is 1. The van der Waals surface area contributed by atoms with Gasteiger partial charge in [-0.25, -0.2) is 0 Å². The van der Waals surface area contributed by atoms with E-state index in [1.165, 1.54) is 0 Å². The molecule has 1 heteroatoms. The number of methoxy groups -OCH3 is 1. The lowest BCUT2D eigenvalue weighted by atomic mass is 10.2. The maximum atomic E-state index is 5.05. The lowest BCUT2D eigenvalue weighted by molar-refractivity contribution is 0.311. The van der Waals surface area contributed by atoms with Crippen LogP contribution in [-0.4, -0.2) is 7.11 Å². The van der Waals surface area contributed by atoms with Crippen LogP contribution in [0.15, 0.2) is 48.7 Å². The van der Waals surface area contributed by atoms with Gasteiger partial charge >= 0.3 is 0 Å². The van der Waals surface area contributed by atoms with E-state index in [2.05, 4.69) is 6.58 Å². The minimum atomic E-state index is 0.779. The molecule has 0 amide bonds. The minimum Gasteiger partial charge on any atom is -0.497 e. The van der Waals surface area contributed by atoms with Crippen LogP contribution in [-0.2, 0) is 4.74 Å². The van der Waals surface area contributed by atoms with Crippen molar-refractivity contribution in [3.05, 3.63) is 54.3 Å². The maximum Gasteiger partial charge on any atom is 0.118 e. The highest BCUT2D eigenvalue weighted by Crippen LogP contribution is 2.06. The van der Waals surface area contributed by atoms with E-state index < -0.39 is 0 Å². The van der Waals surface area contributed by atoms with Crippen molar-refractivity contribution in [2.45, 2.75) is 0 Å². The fourth-order valence-electron chi connectivity index (χ4n) is 0.915. The predicted molar refractivity (Wildman–Crippen MR) is 51.6 cm³/mol. The molecule has 0 heterocycles. The molecule has 0 aliphatic heterocycles. The first kappa shape index (κ1) is 8.60. The van der Waals surface area contributed by atoms with E-state index >= 15 is 0 Å². The van der Waals surface area contributed by atoms with Crippen LogP contribution >= 0.6 is 0 Å². The Morgan fingerprint density at radius 2 is 2.00 bits per heavy atom. The first-order chi connectivity index (χ1) is 5.86. The van der Waals surface area contributed by atoms with E-state index in [1.54, 1.807) is 13.2 Å². The zero-order chi connectivity index (χ0) is 8.81. The average molecular weight is 160 g/mol. The molecule has 0 spiro atoms. The van der Waals surface area contributed by atoms with Gasteiger partial charge in [-0.15, -0.1) is 0 Å². The Hall–Kier alpha value is -1.50. The first-order valence-electron chi connectivity index (χ1n) is 3.80. The van der Waals surface area contributed by atoms with Crippen molar-refractivity contribution in [2.75, 3.05) is 7.11 Å². The molecule has 0 N–H and O–H groups in total. The monoisotopic (exact) mass is 160 g/mol. The van der Waals surface area contributed by atoms with Gasteiger partial charge in [0.2, 0.25) is 0 Å². The molecule has 1 aromatic rings. The van der Waals surface area contributed by atoms with Crippen LogP contribution in [0.4, 0.5) is 0 Å². The van der Waals surface area contributed by atoms with E-state index in [0.717, 1.165) is 11.3 Å². The summed E-state index contributed by atoms with van der Waals surface area (Å²) >= 11 is 0. The lowest BCUT2D eigenvalue weighted by Crippen LogP contribution is -1.80. The minimum absolute atomic E-state index is 0.779. The molecule has 0 saturated heterocycles. The molecule has 62 valence electrons. The van der Waals surface area contributed by atoms with Crippen LogP contribution in [0, 0.1) is 0 Å². The van der Waals surface area contributed by atoms with Gasteiger partial charge in [0, 0.05) is 0 Å². The SMILES string of the molecule is C=C/C(=C\c1ccccc1)OC. The molecule has 1 nitrogen and oxygen atoms in total. The molecule has 0 bridgehead atoms. The summed E-state index contributed by atoms with van der Waals surface area (Å²) in [6, 6.07) is 9.99. The first-order valence-corrected chi connectivity index (χ1v) is 3.80. The summed E-state index contributed by atoms with van der Waals surface area (Å²) in [7, 11) is 1.64. The van der Waals surface area contributed by atoms with E-state index in [9.17, 15) is 0 Å². The smallest absolute Gasteiger partial charge is 0.118 e. The van der Waals surface area contributed by atoms with E-state index in [4.69, 9.17) is 4.74 Å². The zero-order valence-corrected chi connectivity index (χ0v) is 7.16. The average Bonchev–Trinajstić information content (AvgIpc) is 2.16. The molecule has 0 fully saturated rings. The molecule has 0 atom stereocenters. The summed E-state index contributed by atoms with van der Waals surface area (Å²) < 4.78 is 5.05. The zero-order valence-electron chi connectivity index (χ0n) is 7.16. The highest BCUT2D eigenvalue weighted by atomic mass is 16.5. The topological polar surface area (TPSA) is 9.23 Å². The van der Waals surface area contributed by atoms with Crippen LogP contribution in [0.25, 0.3) is 6.08 Å². The second-order valence-corrected chi connectivity index (χ2v) is 2.37. The van der Waals surface area contributed by atoms with Crippen molar-refractivity contribution in [3.63, 3.8) is 0 Å². The Labute approximate surface area is 73.0 Å². The van der Waals surface area contributed by atoms with Crippen LogP contribution in [0.3, 0.4) is 0 Å². The Balaban J connectivity index is 2.86. The summed E-state index contributed by atoms with van der Waals surface area (Å²) in [5, 5.41) is 0. The number of benzene rings is 1. The van der Waals surface area contributed by atoms with E-state index in [0.29, 0.717) is 0 Å². The Kier molecular flexibility index (Phi) is 3.15. The number of hydrogen-bond donors (Lipinski definition) is 0. The Morgan fingerprint density at radius 3 is 2.50 bits per heavy atom. The summed E-state index contributed by atoms with van der Waals surface area (Å²) in [6.07, 6.45) is 3.62. The van der Waals surface area contributed by atoms with E-state index in [1.807, 2.05) is 36.4 Å². The van der Waals surface area contributed by atoms with Gasteiger partial charge in [-0.1, -0.05) is 36.9 Å². The standard InChI is InChI=1S/C11H12O/c1-3-11(12-2)9-10-7-5-4-6-8-10/h3-9H,1H2,2H3/b11-9+. The Morgan fingerprint density at radius 1 is 1.33 bits per heavy atom. The van der Waals surface area contributed by atoms with Crippen LogP contribution in [0.5, 0.6) is 0 Å². The molecular weight excluding hydrogens is 148 g/mol. The van der Waals surface area contributed by atoms with E-state index in [-0.39, 0.29) is 0 Å². The van der Waals surface area contributed by atoms with Crippen molar-refractivity contribution >= 4 is 6.08 Å². The molecule has 1 rings (SSSR count). The second kappa shape index (κ2) is 4.39. The van der Waals surface area contributed by atoms with Crippen LogP contribution in [0.2, 0.25) is 0 Å². The molecule has 1 aromatic carbocycles. The number of rotatable bonds is 3. The Bertz CT molecular complexity index is 272. The molecule has 0 unspecified atom stereocenters. The van der Waals surface area contributed by atoms with Crippen molar-refractivity contribution in [1.29, 1.82) is 0 Å². The highest BCUT2D eigenvalue weighted by Gasteiger charge is 1.88. The highest BCUT2D eigenvalue weighted by molar-refractivity contribution is 5.53. The number of allylic oxidation sites excluding steroid dienone is 1. The van der Waals surface area contributed by atoms with Gasteiger partial charge in [0.25, 0.3) is 0 Å². The summed E-state index contributed by atoms with van der Waals surface area (Å²) in [5.41, 5.74) is 1.12. The van der Waals surface area contributed by atoms with Crippen molar-refractivity contribution in [3.8, 4) is 0 Å². The predicted octanol–water partition coefficient (Wildman–Crippen LogP) is 2.86. The summed E-state index contributed by atoms with van der Waals surface area (Å²) in [4.78, 5) is 0. The molecule has 12 heavy (non-hydrogen) atoms. The molecule has 0 saturated carbocycles. The van der Waals surface area contributed by atoms with Gasteiger partial charge in [0.1, 0.15) is 5.76 Å². The molecular formula is C11H12O. The van der Waals surface area contributed by atoms with Gasteiger partial charge in [0.05, 0.1) is 7.11 Å².